The van der Waals surface area contributed by atoms with Crippen LogP contribution in [-0.2, 0) is 9.53 Å². The van der Waals surface area contributed by atoms with Crippen molar-refractivity contribution in [2.24, 2.45) is 5.92 Å². The maximum absolute atomic E-state index is 12.6. The molecule has 3 aliphatic rings. The molecule has 0 spiro atoms. The number of rotatable bonds is 3. The van der Waals surface area contributed by atoms with Crippen molar-refractivity contribution in [2.45, 2.75) is 50.5 Å². The Labute approximate surface area is 123 Å². The number of nitrogens with one attached hydrogen (secondary N) is 1. The third-order valence-corrected chi connectivity index (χ3v) is 5.42. The Morgan fingerprint density at radius 3 is 2.95 bits per heavy atom. The quantitative estimate of drug-likeness (QED) is 0.928. The molecule has 0 aromatic carbocycles. The summed E-state index contributed by atoms with van der Waals surface area (Å²) in [6, 6.07) is 2.26. The van der Waals surface area contributed by atoms with Crippen molar-refractivity contribution in [3.05, 3.63) is 22.4 Å². The molecule has 2 saturated heterocycles. The highest BCUT2D eigenvalue weighted by atomic mass is 32.1. The van der Waals surface area contributed by atoms with Gasteiger partial charge < -0.3 is 9.64 Å². The highest BCUT2D eigenvalue weighted by molar-refractivity contribution is 7.07. The molecule has 2 aliphatic heterocycles. The van der Waals surface area contributed by atoms with Gasteiger partial charge in [0.05, 0.1) is 18.2 Å². The molecule has 4 rings (SSSR count). The standard InChI is InChI=1S/C15H20N2O2S/c1-9-15(18)17(14(16-9)11-5-7-20-8-11)12-4-6-19-13(12)10-2-3-10/h5,7-10,12-14,16H,2-4,6H2,1H3. The molecule has 1 aromatic rings. The summed E-state index contributed by atoms with van der Waals surface area (Å²) < 4.78 is 5.93. The van der Waals surface area contributed by atoms with E-state index in [0.29, 0.717) is 5.92 Å². The lowest BCUT2D eigenvalue weighted by Crippen LogP contribution is -2.45. The molecule has 5 heteroatoms. The maximum atomic E-state index is 12.6. The fourth-order valence-electron chi connectivity index (χ4n) is 3.55. The largest absolute Gasteiger partial charge is 0.376 e. The first-order valence-electron chi connectivity index (χ1n) is 7.47. The summed E-state index contributed by atoms with van der Waals surface area (Å²) in [5, 5.41) is 7.65. The van der Waals surface area contributed by atoms with E-state index in [9.17, 15) is 4.79 Å². The Kier molecular flexibility index (Phi) is 3.09. The molecule has 1 aliphatic carbocycles. The number of hydrogen-bond donors (Lipinski definition) is 1. The third kappa shape index (κ3) is 2.00. The topological polar surface area (TPSA) is 41.6 Å². The molecular formula is C15H20N2O2S. The molecule has 0 bridgehead atoms. The van der Waals surface area contributed by atoms with Crippen LogP contribution < -0.4 is 5.32 Å². The molecule has 4 atom stereocenters. The van der Waals surface area contributed by atoms with Gasteiger partial charge in [0, 0.05) is 6.61 Å². The Balaban J connectivity index is 1.64. The number of nitrogens with zero attached hydrogens (tertiary/aromatic N) is 1. The van der Waals surface area contributed by atoms with Crippen molar-refractivity contribution in [3.8, 4) is 0 Å². The number of carbonyl (C=O) groups is 1. The Morgan fingerprint density at radius 1 is 1.40 bits per heavy atom. The maximum Gasteiger partial charge on any atom is 0.241 e. The van der Waals surface area contributed by atoms with Gasteiger partial charge in [0.1, 0.15) is 6.17 Å². The fourth-order valence-corrected chi connectivity index (χ4v) is 4.23. The van der Waals surface area contributed by atoms with Crippen molar-refractivity contribution in [3.63, 3.8) is 0 Å². The SMILES string of the molecule is CC1NC(c2ccsc2)N(C2CCOC2C2CC2)C1=O. The molecule has 3 heterocycles. The molecular weight excluding hydrogens is 272 g/mol. The second-order valence-corrected chi connectivity index (χ2v) is 6.90. The first-order chi connectivity index (χ1) is 9.75. The molecule has 3 fully saturated rings. The highest BCUT2D eigenvalue weighted by Crippen LogP contribution is 2.43. The number of ether oxygens (including phenoxy) is 1. The molecule has 4 unspecified atom stereocenters. The van der Waals surface area contributed by atoms with Crippen LogP contribution in [0, 0.1) is 5.92 Å². The van der Waals surface area contributed by atoms with E-state index in [-0.39, 0.29) is 30.3 Å². The van der Waals surface area contributed by atoms with E-state index < -0.39 is 0 Å². The van der Waals surface area contributed by atoms with Crippen LogP contribution >= 0.6 is 11.3 Å². The van der Waals surface area contributed by atoms with Crippen LogP contribution in [0.2, 0.25) is 0 Å². The molecule has 1 amide bonds. The average molecular weight is 292 g/mol. The van der Waals surface area contributed by atoms with E-state index in [1.807, 2.05) is 6.92 Å². The number of thiophene rings is 1. The van der Waals surface area contributed by atoms with Crippen molar-refractivity contribution in [1.82, 2.24) is 10.2 Å². The van der Waals surface area contributed by atoms with Gasteiger partial charge >= 0.3 is 0 Å². The van der Waals surface area contributed by atoms with Crippen LogP contribution in [0.1, 0.15) is 37.9 Å². The van der Waals surface area contributed by atoms with Crippen molar-refractivity contribution in [2.75, 3.05) is 6.61 Å². The van der Waals surface area contributed by atoms with Crippen LogP contribution in [0.4, 0.5) is 0 Å². The summed E-state index contributed by atoms with van der Waals surface area (Å²) in [5.41, 5.74) is 1.20. The van der Waals surface area contributed by atoms with Gasteiger partial charge in [0.25, 0.3) is 0 Å². The van der Waals surface area contributed by atoms with E-state index in [4.69, 9.17) is 4.74 Å². The van der Waals surface area contributed by atoms with Crippen LogP contribution in [0.3, 0.4) is 0 Å². The average Bonchev–Trinajstić information content (AvgIpc) is 2.89. The van der Waals surface area contributed by atoms with Gasteiger partial charge in [0.2, 0.25) is 5.91 Å². The Bertz CT molecular complexity index is 500. The molecule has 108 valence electrons. The Morgan fingerprint density at radius 2 is 2.25 bits per heavy atom. The summed E-state index contributed by atoms with van der Waals surface area (Å²) in [5.74, 6) is 0.900. The van der Waals surface area contributed by atoms with Gasteiger partial charge in [-0.1, -0.05) is 0 Å². The molecule has 1 aromatic heterocycles. The lowest BCUT2D eigenvalue weighted by Gasteiger charge is -2.33. The van der Waals surface area contributed by atoms with Gasteiger partial charge in [0.15, 0.2) is 0 Å². The third-order valence-electron chi connectivity index (χ3n) is 4.72. The molecule has 0 radical (unpaired) electrons. The van der Waals surface area contributed by atoms with Crippen molar-refractivity contribution < 1.29 is 9.53 Å². The zero-order valence-electron chi connectivity index (χ0n) is 11.6. The minimum absolute atomic E-state index is 0.0247. The fraction of sp³-hybridized carbons (Fsp3) is 0.667. The molecule has 1 saturated carbocycles. The number of amides is 1. The van der Waals surface area contributed by atoms with E-state index in [1.54, 1.807) is 11.3 Å². The summed E-state index contributed by atoms with van der Waals surface area (Å²) >= 11 is 1.68. The second kappa shape index (κ2) is 4.83. The Hall–Kier alpha value is -0.910. The normalized spacial score (nSPS) is 37.9. The smallest absolute Gasteiger partial charge is 0.241 e. The van der Waals surface area contributed by atoms with Crippen LogP contribution in [-0.4, -0.2) is 35.6 Å². The number of hydrogen-bond acceptors (Lipinski definition) is 4. The zero-order valence-corrected chi connectivity index (χ0v) is 12.4. The lowest BCUT2D eigenvalue weighted by molar-refractivity contribution is -0.133. The van der Waals surface area contributed by atoms with E-state index >= 15 is 0 Å². The monoisotopic (exact) mass is 292 g/mol. The molecule has 4 nitrogen and oxygen atoms in total. The van der Waals surface area contributed by atoms with Gasteiger partial charge in [-0.05, 0) is 54.5 Å². The van der Waals surface area contributed by atoms with E-state index in [2.05, 4.69) is 27.0 Å². The van der Waals surface area contributed by atoms with Crippen molar-refractivity contribution >= 4 is 17.2 Å². The molecule has 20 heavy (non-hydrogen) atoms. The van der Waals surface area contributed by atoms with E-state index in [1.165, 1.54) is 18.4 Å². The minimum Gasteiger partial charge on any atom is -0.376 e. The van der Waals surface area contributed by atoms with Crippen LogP contribution in [0.15, 0.2) is 16.8 Å². The van der Waals surface area contributed by atoms with Gasteiger partial charge in [-0.2, -0.15) is 11.3 Å². The van der Waals surface area contributed by atoms with Crippen LogP contribution in [0.5, 0.6) is 0 Å². The van der Waals surface area contributed by atoms with Crippen LogP contribution in [0.25, 0.3) is 0 Å². The minimum atomic E-state index is -0.0969. The molecule has 1 N–H and O–H groups in total. The summed E-state index contributed by atoms with van der Waals surface area (Å²) in [4.78, 5) is 14.7. The zero-order chi connectivity index (χ0) is 13.7. The predicted molar refractivity (Wildman–Crippen MR) is 77.4 cm³/mol. The summed E-state index contributed by atoms with van der Waals surface area (Å²) in [7, 11) is 0. The first kappa shape index (κ1) is 12.8. The van der Waals surface area contributed by atoms with Gasteiger partial charge in [-0.25, -0.2) is 0 Å². The number of carbonyl (C=O) groups excluding carboxylic acids is 1. The predicted octanol–water partition coefficient (Wildman–Crippen LogP) is 2.13. The second-order valence-electron chi connectivity index (χ2n) is 6.12. The van der Waals surface area contributed by atoms with Crippen molar-refractivity contribution in [1.29, 1.82) is 0 Å². The first-order valence-corrected chi connectivity index (χ1v) is 8.42. The highest BCUT2D eigenvalue weighted by Gasteiger charge is 2.49. The van der Waals surface area contributed by atoms with Gasteiger partial charge in [-0.3, -0.25) is 10.1 Å². The summed E-state index contributed by atoms with van der Waals surface area (Å²) in [6.07, 6.45) is 3.77. The van der Waals surface area contributed by atoms with Gasteiger partial charge in [-0.15, -0.1) is 0 Å². The summed E-state index contributed by atoms with van der Waals surface area (Å²) in [6.45, 7) is 2.75. The lowest BCUT2D eigenvalue weighted by atomic mass is 10.0. The van der Waals surface area contributed by atoms with E-state index in [0.717, 1.165) is 13.0 Å².